The molecule has 3 aromatic rings. The molecule has 7 nitrogen and oxygen atoms in total. The Labute approximate surface area is 164 Å². The molecular weight excluding hydrogens is 376 g/mol. The fourth-order valence-electron chi connectivity index (χ4n) is 2.81. The van der Waals surface area contributed by atoms with Gasteiger partial charge in [0.25, 0.3) is 15.9 Å². The van der Waals surface area contributed by atoms with Crippen LogP contribution in [0, 0.1) is 6.92 Å². The van der Waals surface area contributed by atoms with Crippen LogP contribution in [0.25, 0.3) is 0 Å². The molecule has 1 amide bonds. The first-order chi connectivity index (χ1) is 13.5. The van der Waals surface area contributed by atoms with Crippen LogP contribution in [0.15, 0.2) is 72.1 Å². The Morgan fingerprint density at radius 2 is 1.86 bits per heavy atom. The third-order valence-electron chi connectivity index (χ3n) is 4.24. The molecule has 28 heavy (non-hydrogen) atoms. The van der Waals surface area contributed by atoms with Crippen molar-refractivity contribution in [3.8, 4) is 0 Å². The Morgan fingerprint density at radius 3 is 2.61 bits per heavy atom. The van der Waals surface area contributed by atoms with E-state index < -0.39 is 10.0 Å². The second-order valence-electron chi connectivity index (χ2n) is 6.33. The lowest BCUT2D eigenvalue weighted by Crippen LogP contribution is -2.27. The zero-order chi connectivity index (χ0) is 20.0. The van der Waals surface area contributed by atoms with E-state index in [9.17, 15) is 13.2 Å². The highest BCUT2D eigenvalue weighted by atomic mass is 32.2. The number of anilines is 1. The molecule has 2 N–H and O–H groups in total. The van der Waals surface area contributed by atoms with Crippen LogP contribution < -0.4 is 10.0 Å². The molecule has 0 atom stereocenters. The van der Waals surface area contributed by atoms with Crippen molar-refractivity contribution in [1.29, 1.82) is 0 Å². The molecule has 0 unspecified atom stereocenters. The summed E-state index contributed by atoms with van der Waals surface area (Å²) >= 11 is 0. The van der Waals surface area contributed by atoms with Gasteiger partial charge < -0.3 is 9.88 Å². The third-order valence-corrected chi connectivity index (χ3v) is 5.76. The minimum Gasteiger partial charge on any atom is -0.352 e. The molecule has 146 valence electrons. The molecule has 0 aliphatic rings. The van der Waals surface area contributed by atoms with Crippen LogP contribution in [0.2, 0.25) is 0 Å². The molecule has 3 rings (SSSR count). The summed E-state index contributed by atoms with van der Waals surface area (Å²) in [6.07, 6.45) is 6.02. The van der Waals surface area contributed by atoms with Crippen LogP contribution in [0.3, 0.4) is 0 Å². The summed E-state index contributed by atoms with van der Waals surface area (Å²) in [6.45, 7) is 2.94. The van der Waals surface area contributed by atoms with Crippen molar-refractivity contribution in [2.75, 3.05) is 11.3 Å². The van der Waals surface area contributed by atoms with Crippen molar-refractivity contribution in [3.05, 3.63) is 78.4 Å². The summed E-state index contributed by atoms with van der Waals surface area (Å²) < 4.78 is 29.9. The lowest BCUT2D eigenvalue weighted by Gasteiger charge is -2.14. The Balaban J connectivity index is 1.68. The van der Waals surface area contributed by atoms with Crippen molar-refractivity contribution in [2.24, 2.45) is 0 Å². The van der Waals surface area contributed by atoms with Crippen LogP contribution in [0.1, 0.15) is 22.3 Å². The summed E-state index contributed by atoms with van der Waals surface area (Å²) in [5.41, 5.74) is 1.16. The minimum absolute atomic E-state index is 0.186. The number of aryl methyl sites for hydroxylation is 2. The fraction of sp³-hybridized carbons (Fsp3) is 0.200. The Kier molecular flexibility index (Phi) is 6.10. The van der Waals surface area contributed by atoms with Crippen LogP contribution in [0.5, 0.6) is 0 Å². The third kappa shape index (κ3) is 4.77. The van der Waals surface area contributed by atoms with E-state index in [-0.39, 0.29) is 22.1 Å². The number of rotatable bonds is 8. The van der Waals surface area contributed by atoms with Gasteiger partial charge in [-0.2, -0.15) is 0 Å². The van der Waals surface area contributed by atoms with Gasteiger partial charge in [0.05, 0.1) is 22.5 Å². The van der Waals surface area contributed by atoms with Crippen molar-refractivity contribution in [1.82, 2.24) is 14.9 Å². The van der Waals surface area contributed by atoms with Gasteiger partial charge in [-0.15, -0.1) is 0 Å². The first-order valence-corrected chi connectivity index (χ1v) is 10.4. The lowest BCUT2D eigenvalue weighted by molar-refractivity contribution is 0.0953. The standard InChI is InChI=1S/C20H22N4O3S/c1-16-7-2-5-10-19(16)28(26,27)23-18-9-4-3-8-17(18)20(25)22-11-6-13-24-14-12-21-15-24/h2-5,7-10,12,14-15,23H,6,11,13H2,1H3,(H,22,25). The van der Waals surface area contributed by atoms with E-state index in [0.717, 1.165) is 13.0 Å². The molecule has 0 radical (unpaired) electrons. The zero-order valence-electron chi connectivity index (χ0n) is 15.5. The molecular formula is C20H22N4O3S. The number of imidazole rings is 1. The van der Waals surface area contributed by atoms with Gasteiger partial charge in [-0.05, 0) is 37.1 Å². The number of carbonyl (C=O) groups excluding carboxylic acids is 1. The number of carbonyl (C=O) groups is 1. The summed E-state index contributed by atoms with van der Waals surface area (Å²) in [7, 11) is -3.80. The molecule has 8 heteroatoms. The summed E-state index contributed by atoms with van der Waals surface area (Å²) in [4.78, 5) is 16.7. The van der Waals surface area contributed by atoms with Gasteiger partial charge >= 0.3 is 0 Å². The summed E-state index contributed by atoms with van der Waals surface area (Å²) in [5, 5.41) is 2.83. The lowest BCUT2D eigenvalue weighted by atomic mass is 10.1. The number of amides is 1. The topological polar surface area (TPSA) is 93.1 Å². The molecule has 0 saturated carbocycles. The molecule has 0 aliphatic heterocycles. The van der Waals surface area contributed by atoms with Crippen molar-refractivity contribution < 1.29 is 13.2 Å². The normalized spacial score (nSPS) is 11.2. The Morgan fingerprint density at radius 1 is 1.11 bits per heavy atom. The zero-order valence-corrected chi connectivity index (χ0v) is 16.3. The summed E-state index contributed by atoms with van der Waals surface area (Å²) in [5.74, 6) is -0.325. The number of aromatic nitrogens is 2. The highest BCUT2D eigenvalue weighted by molar-refractivity contribution is 7.92. The quantitative estimate of drug-likeness (QED) is 0.571. The van der Waals surface area contributed by atoms with Gasteiger partial charge in [-0.1, -0.05) is 30.3 Å². The number of hydrogen-bond donors (Lipinski definition) is 2. The van der Waals surface area contributed by atoms with E-state index in [1.54, 1.807) is 61.9 Å². The number of para-hydroxylation sites is 1. The smallest absolute Gasteiger partial charge is 0.262 e. The highest BCUT2D eigenvalue weighted by Gasteiger charge is 2.19. The van der Waals surface area contributed by atoms with Gasteiger partial charge in [0.15, 0.2) is 0 Å². The first kappa shape index (κ1) is 19.6. The van der Waals surface area contributed by atoms with Crippen LogP contribution in [0.4, 0.5) is 5.69 Å². The highest BCUT2D eigenvalue weighted by Crippen LogP contribution is 2.22. The maximum absolute atomic E-state index is 12.7. The predicted octanol–water partition coefficient (Wildman–Crippen LogP) is 2.81. The van der Waals surface area contributed by atoms with Gasteiger partial charge in [-0.3, -0.25) is 9.52 Å². The second-order valence-corrected chi connectivity index (χ2v) is 7.98. The Hall–Kier alpha value is -3.13. The monoisotopic (exact) mass is 398 g/mol. The largest absolute Gasteiger partial charge is 0.352 e. The Bertz CT molecular complexity index is 1050. The molecule has 0 saturated heterocycles. The van der Waals surface area contributed by atoms with Gasteiger partial charge in [0.2, 0.25) is 0 Å². The van der Waals surface area contributed by atoms with Crippen molar-refractivity contribution in [2.45, 2.75) is 24.8 Å². The van der Waals surface area contributed by atoms with Crippen molar-refractivity contribution in [3.63, 3.8) is 0 Å². The van der Waals surface area contributed by atoms with E-state index in [1.165, 1.54) is 6.07 Å². The van der Waals surface area contributed by atoms with E-state index in [4.69, 9.17) is 0 Å². The molecule has 1 aromatic heterocycles. The van der Waals surface area contributed by atoms with Crippen LogP contribution in [-0.4, -0.2) is 30.4 Å². The molecule has 0 bridgehead atoms. The average molecular weight is 398 g/mol. The van der Waals surface area contributed by atoms with E-state index in [2.05, 4.69) is 15.0 Å². The molecule has 2 aromatic carbocycles. The number of benzene rings is 2. The average Bonchev–Trinajstić information content (AvgIpc) is 3.19. The van der Waals surface area contributed by atoms with Gasteiger partial charge in [0, 0.05) is 25.5 Å². The van der Waals surface area contributed by atoms with Crippen LogP contribution in [-0.2, 0) is 16.6 Å². The van der Waals surface area contributed by atoms with Gasteiger partial charge in [-0.25, -0.2) is 13.4 Å². The maximum Gasteiger partial charge on any atom is 0.262 e. The number of nitrogens with zero attached hydrogens (tertiary/aromatic N) is 2. The van der Waals surface area contributed by atoms with E-state index in [1.807, 2.05) is 10.8 Å². The first-order valence-electron chi connectivity index (χ1n) is 8.89. The fourth-order valence-corrected chi connectivity index (χ4v) is 4.13. The van der Waals surface area contributed by atoms with Crippen LogP contribution >= 0.6 is 0 Å². The summed E-state index contributed by atoms with van der Waals surface area (Å²) in [6, 6.07) is 13.3. The van der Waals surface area contributed by atoms with Gasteiger partial charge in [0.1, 0.15) is 0 Å². The second kappa shape index (κ2) is 8.71. The number of sulfonamides is 1. The predicted molar refractivity (Wildman–Crippen MR) is 108 cm³/mol. The van der Waals surface area contributed by atoms with Crippen molar-refractivity contribution >= 4 is 21.6 Å². The number of nitrogens with one attached hydrogen (secondary N) is 2. The molecule has 1 heterocycles. The maximum atomic E-state index is 12.7. The molecule has 0 fully saturated rings. The number of hydrogen-bond acceptors (Lipinski definition) is 4. The minimum atomic E-state index is -3.80. The SMILES string of the molecule is Cc1ccccc1S(=O)(=O)Nc1ccccc1C(=O)NCCCn1ccnc1. The molecule has 0 spiro atoms. The van der Waals surface area contributed by atoms with E-state index >= 15 is 0 Å². The molecule has 0 aliphatic carbocycles. The van der Waals surface area contributed by atoms with E-state index in [0.29, 0.717) is 12.1 Å².